The molecule has 0 spiro atoms. The second kappa shape index (κ2) is 11.3. The van der Waals surface area contributed by atoms with Gasteiger partial charge in [0.15, 0.2) is 5.78 Å². The highest BCUT2D eigenvalue weighted by Gasteiger charge is 2.24. The van der Waals surface area contributed by atoms with Gasteiger partial charge in [-0.15, -0.1) is 0 Å². The molecule has 0 saturated heterocycles. The van der Waals surface area contributed by atoms with Gasteiger partial charge in [0.05, 0.1) is 17.6 Å². The van der Waals surface area contributed by atoms with Crippen LogP contribution in [0.4, 0.5) is 0 Å². The van der Waals surface area contributed by atoms with Crippen molar-refractivity contribution in [3.05, 3.63) is 107 Å². The van der Waals surface area contributed by atoms with E-state index < -0.39 is 0 Å². The number of nitrogens with one attached hydrogen (secondary N) is 3. The lowest BCUT2D eigenvalue weighted by Gasteiger charge is -2.17. The highest BCUT2D eigenvalue weighted by atomic mass is 16.1. The van der Waals surface area contributed by atoms with Crippen LogP contribution >= 0.6 is 0 Å². The summed E-state index contributed by atoms with van der Waals surface area (Å²) >= 11 is 0. The first-order valence-electron chi connectivity index (χ1n) is 11.8. The molecule has 0 saturated carbocycles. The third-order valence-electron chi connectivity index (χ3n) is 6.09. The molecule has 0 bridgehead atoms. The molecule has 0 aliphatic heterocycles. The van der Waals surface area contributed by atoms with Gasteiger partial charge in [-0.1, -0.05) is 48.5 Å². The fraction of sp³-hybridized carbons (Fsp3) is 0.207. The van der Waals surface area contributed by atoms with Crippen LogP contribution in [0.5, 0.6) is 0 Å². The summed E-state index contributed by atoms with van der Waals surface area (Å²) in [6.45, 7) is 3.65. The van der Waals surface area contributed by atoms with Gasteiger partial charge < -0.3 is 15.6 Å². The summed E-state index contributed by atoms with van der Waals surface area (Å²) in [5.74, 6) is -0.455. The Morgan fingerprint density at radius 2 is 1.80 bits per heavy atom. The van der Waals surface area contributed by atoms with Gasteiger partial charge in [0.1, 0.15) is 0 Å². The van der Waals surface area contributed by atoms with Crippen LogP contribution in [0.3, 0.4) is 0 Å². The van der Waals surface area contributed by atoms with E-state index in [1.54, 1.807) is 18.3 Å². The predicted octanol–water partition coefficient (Wildman–Crippen LogP) is 4.59. The van der Waals surface area contributed by atoms with Crippen molar-refractivity contribution in [1.82, 2.24) is 15.6 Å². The Kier molecular flexibility index (Phi) is 7.71. The van der Waals surface area contributed by atoms with Gasteiger partial charge in [0.25, 0.3) is 5.91 Å². The zero-order chi connectivity index (χ0) is 24.6. The maximum atomic E-state index is 13.7. The van der Waals surface area contributed by atoms with Crippen LogP contribution in [0.25, 0.3) is 10.9 Å². The Morgan fingerprint density at radius 3 is 2.51 bits per heavy atom. The molecule has 4 aromatic rings. The van der Waals surface area contributed by atoms with Crippen molar-refractivity contribution in [1.29, 1.82) is 5.26 Å². The first-order chi connectivity index (χ1) is 17.1. The SMILES string of the molecule is CCNC(=O)c1ccc2c(C(=O)C(CNCCc3ccc(C#N)cc3)c3ccccc3)c[nH]c2c1. The molecule has 0 aliphatic rings. The van der Waals surface area contributed by atoms with E-state index in [0.29, 0.717) is 36.3 Å². The van der Waals surface area contributed by atoms with Crippen LogP contribution in [0.2, 0.25) is 0 Å². The summed E-state index contributed by atoms with van der Waals surface area (Å²) in [5.41, 5.74) is 4.68. The van der Waals surface area contributed by atoms with Crippen molar-refractivity contribution >= 4 is 22.6 Å². The number of H-pyrrole nitrogens is 1. The highest BCUT2D eigenvalue weighted by Crippen LogP contribution is 2.26. The number of ketones is 1. The number of hydrogen-bond donors (Lipinski definition) is 3. The number of Topliss-reactive ketones (excluding diaryl/α,β-unsaturated/α-hetero) is 1. The number of carbonyl (C=O) groups excluding carboxylic acids is 2. The number of fused-ring (bicyclic) bond motifs is 1. The maximum absolute atomic E-state index is 13.7. The molecule has 1 unspecified atom stereocenters. The molecule has 1 heterocycles. The predicted molar refractivity (Wildman–Crippen MR) is 138 cm³/mol. The zero-order valence-electron chi connectivity index (χ0n) is 19.7. The summed E-state index contributed by atoms with van der Waals surface area (Å²) in [6, 6.07) is 24.9. The molecule has 3 N–H and O–H groups in total. The summed E-state index contributed by atoms with van der Waals surface area (Å²) in [6.07, 6.45) is 2.54. The Hall–Kier alpha value is -4.21. The highest BCUT2D eigenvalue weighted by molar-refractivity contribution is 6.11. The summed E-state index contributed by atoms with van der Waals surface area (Å²) < 4.78 is 0. The normalized spacial score (nSPS) is 11.7. The van der Waals surface area contributed by atoms with Crippen molar-refractivity contribution in [3.63, 3.8) is 0 Å². The van der Waals surface area contributed by atoms with Gasteiger partial charge >= 0.3 is 0 Å². The zero-order valence-corrected chi connectivity index (χ0v) is 19.7. The maximum Gasteiger partial charge on any atom is 0.251 e. The van der Waals surface area contributed by atoms with Crippen LogP contribution in [0, 0.1) is 11.3 Å². The largest absolute Gasteiger partial charge is 0.360 e. The van der Waals surface area contributed by atoms with Crippen LogP contribution in [0.15, 0.2) is 79.0 Å². The number of nitriles is 1. The Balaban J connectivity index is 1.50. The Bertz CT molecular complexity index is 1350. The molecule has 176 valence electrons. The number of aromatic amines is 1. The Labute approximate surface area is 205 Å². The monoisotopic (exact) mass is 464 g/mol. The van der Waals surface area contributed by atoms with Crippen molar-refractivity contribution in [2.45, 2.75) is 19.3 Å². The average Bonchev–Trinajstić information content (AvgIpc) is 3.33. The van der Waals surface area contributed by atoms with Gasteiger partial charge in [0, 0.05) is 41.3 Å². The number of hydrogen-bond acceptors (Lipinski definition) is 4. The molecular formula is C29H28N4O2. The number of rotatable bonds is 10. The molecule has 0 radical (unpaired) electrons. The summed E-state index contributed by atoms with van der Waals surface area (Å²) in [7, 11) is 0. The number of aromatic nitrogens is 1. The standard InChI is InChI=1S/C29H28N4O2/c1-2-32-29(35)23-12-13-24-26(19-33-27(24)16-23)28(34)25(22-6-4-3-5-7-22)18-31-15-14-20-8-10-21(17-30)11-9-20/h3-13,16,19,25,31,33H,2,14-15,18H2,1H3,(H,32,35). The van der Waals surface area contributed by atoms with Crippen LogP contribution in [-0.2, 0) is 6.42 Å². The van der Waals surface area contributed by atoms with Crippen molar-refractivity contribution in [2.24, 2.45) is 0 Å². The van der Waals surface area contributed by atoms with E-state index in [0.717, 1.165) is 28.5 Å². The third-order valence-corrected chi connectivity index (χ3v) is 6.09. The number of benzene rings is 3. The summed E-state index contributed by atoms with van der Waals surface area (Å²) in [5, 5.41) is 16.0. The quantitative estimate of drug-likeness (QED) is 0.236. The molecule has 1 aromatic heterocycles. The van der Waals surface area contributed by atoms with Crippen molar-refractivity contribution in [2.75, 3.05) is 19.6 Å². The minimum atomic E-state index is -0.348. The van der Waals surface area contributed by atoms with Crippen molar-refractivity contribution in [3.8, 4) is 6.07 Å². The number of nitrogens with zero attached hydrogens (tertiary/aromatic N) is 1. The second-order valence-corrected chi connectivity index (χ2v) is 8.41. The van der Waals surface area contributed by atoms with E-state index in [9.17, 15) is 9.59 Å². The lowest BCUT2D eigenvalue weighted by atomic mass is 9.90. The minimum Gasteiger partial charge on any atom is -0.360 e. The lowest BCUT2D eigenvalue weighted by Crippen LogP contribution is -2.28. The molecule has 4 rings (SSSR count). The summed E-state index contributed by atoms with van der Waals surface area (Å²) in [4.78, 5) is 29.1. The molecular weight excluding hydrogens is 436 g/mol. The third kappa shape index (κ3) is 5.65. The number of carbonyl (C=O) groups is 2. The van der Waals surface area contributed by atoms with Crippen LogP contribution < -0.4 is 10.6 Å². The Morgan fingerprint density at radius 1 is 1.03 bits per heavy atom. The lowest BCUT2D eigenvalue weighted by molar-refractivity contribution is 0.0950. The van der Waals surface area contributed by atoms with Gasteiger partial charge in [-0.3, -0.25) is 9.59 Å². The molecule has 6 nitrogen and oxygen atoms in total. The van der Waals surface area contributed by atoms with E-state index in [1.165, 1.54) is 0 Å². The van der Waals surface area contributed by atoms with Gasteiger partial charge in [-0.2, -0.15) is 5.26 Å². The first kappa shape index (κ1) is 23.9. The first-order valence-corrected chi connectivity index (χ1v) is 11.8. The number of amides is 1. The van der Waals surface area contributed by atoms with E-state index in [4.69, 9.17) is 5.26 Å². The average molecular weight is 465 g/mol. The molecule has 0 fully saturated rings. The van der Waals surface area contributed by atoms with Crippen LogP contribution in [-0.4, -0.2) is 36.3 Å². The topological polar surface area (TPSA) is 97.8 Å². The molecule has 6 heteroatoms. The van der Waals surface area contributed by atoms with Crippen LogP contribution in [0.1, 0.15) is 50.2 Å². The second-order valence-electron chi connectivity index (χ2n) is 8.41. The van der Waals surface area contributed by atoms with Gasteiger partial charge in [-0.25, -0.2) is 0 Å². The van der Waals surface area contributed by atoms with E-state index >= 15 is 0 Å². The van der Waals surface area contributed by atoms with E-state index in [2.05, 4.69) is 21.7 Å². The van der Waals surface area contributed by atoms with E-state index in [-0.39, 0.29) is 17.6 Å². The van der Waals surface area contributed by atoms with Gasteiger partial charge in [0.2, 0.25) is 0 Å². The van der Waals surface area contributed by atoms with E-state index in [1.807, 2.05) is 67.6 Å². The van der Waals surface area contributed by atoms with Crippen molar-refractivity contribution < 1.29 is 9.59 Å². The molecule has 35 heavy (non-hydrogen) atoms. The fourth-order valence-corrected chi connectivity index (χ4v) is 4.19. The van der Waals surface area contributed by atoms with Gasteiger partial charge in [-0.05, 0) is 55.3 Å². The molecule has 1 atom stereocenters. The molecule has 3 aromatic carbocycles. The smallest absolute Gasteiger partial charge is 0.251 e. The molecule has 0 aliphatic carbocycles. The fourth-order valence-electron chi connectivity index (χ4n) is 4.19. The minimum absolute atomic E-state index is 0.0269. The molecule has 1 amide bonds.